The van der Waals surface area contributed by atoms with Gasteiger partial charge in [-0.3, -0.25) is 14.3 Å². The molecule has 2 heterocycles. The van der Waals surface area contributed by atoms with Crippen LogP contribution in [0.2, 0.25) is 0 Å². The molecular weight excluding hydrogens is 488 g/mol. The third-order valence-corrected chi connectivity index (χ3v) is 9.23. The molecule has 0 aromatic heterocycles. The second-order valence-electron chi connectivity index (χ2n) is 10.2. The molecule has 2 aliphatic heterocycles. The van der Waals surface area contributed by atoms with Gasteiger partial charge in [-0.25, -0.2) is 8.42 Å². The average Bonchev–Trinajstić information content (AvgIpc) is 2.92. The molecule has 9 heteroatoms. The number of piperazine rings is 1. The zero-order valence-corrected chi connectivity index (χ0v) is 22.2. The van der Waals surface area contributed by atoms with Crippen LogP contribution in [0.1, 0.15) is 41.6 Å². The van der Waals surface area contributed by atoms with E-state index in [1.165, 1.54) is 0 Å². The first kappa shape index (κ1) is 25.3. The highest BCUT2D eigenvalue weighted by Crippen LogP contribution is 2.40. The highest BCUT2D eigenvalue weighted by molar-refractivity contribution is 7.89. The number of benzene rings is 2. The molecule has 0 spiro atoms. The fourth-order valence-electron chi connectivity index (χ4n) is 5.83. The molecule has 2 aromatic rings. The largest absolute Gasteiger partial charge is 0.369 e. The monoisotopic (exact) mass is 522 g/mol. The zero-order chi connectivity index (χ0) is 26.2. The summed E-state index contributed by atoms with van der Waals surface area (Å²) >= 11 is 0. The Balaban J connectivity index is 1.46. The molecule has 0 bridgehead atoms. The van der Waals surface area contributed by atoms with E-state index in [9.17, 15) is 18.0 Å². The first-order valence-corrected chi connectivity index (χ1v) is 14.4. The van der Waals surface area contributed by atoms with Gasteiger partial charge in [0.25, 0.3) is 21.8 Å². The van der Waals surface area contributed by atoms with E-state index < -0.39 is 10.0 Å². The van der Waals surface area contributed by atoms with Crippen molar-refractivity contribution in [3.05, 3.63) is 77.1 Å². The van der Waals surface area contributed by atoms with Crippen molar-refractivity contribution >= 4 is 21.8 Å². The first-order chi connectivity index (χ1) is 17.8. The van der Waals surface area contributed by atoms with E-state index in [1.54, 1.807) is 36.2 Å². The summed E-state index contributed by atoms with van der Waals surface area (Å²) in [4.78, 5) is 32.4. The number of fused-ring (bicyclic) bond motifs is 1. The van der Waals surface area contributed by atoms with Crippen molar-refractivity contribution in [2.75, 3.05) is 33.2 Å². The van der Waals surface area contributed by atoms with Crippen molar-refractivity contribution in [1.82, 2.24) is 19.4 Å². The van der Waals surface area contributed by atoms with Gasteiger partial charge in [0.15, 0.2) is 0 Å². The van der Waals surface area contributed by atoms with Crippen LogP contribution in [-0.4, -0.2) is 74.2 Å². The number of amides is 2. The summed E-state index contributed by atoms with van der Waals surface area (Å²) in [5.74, 6) is -0.246. The van der Waals surface area contributed by atoms with E-state index in [4.69, 9.17) is 0 Å². The molecule has 2 aromatic carbocycles. The van der Waals surface area contributed by atoms with Gasteiger partial charge < -0.3 is 14.7 Å². The second-order valence-corrected chi connectivity index (χ2v) is 11.9. The molecule has 2 fully saturated rings. The number of carbonyl (C=O) groups excluding carboxylic acids is 2. The van der Waals surface area contributed by atoms with Gasteiger partial charge in [0, 0.05) is 56.4 Å². The molecule has 3 aliphatic rings. The van der Waals surface area contributed by atoms with E-state index in [-0.39, 0.29) is 34.4 Å². The van der Waals surface area contributed by atoms with Crippen LogP contribution < -0.4 is 4.72 Å². The molecule has 8 nitrogen and oxygen atoms in total. The number of rotatable bonds is 5. The maximum absolute atomic E-state index is 13.6. The topological polar surface area (TPSA) is 90.0 Å². The third kappa shape index (κ3) is 4.97. The molecule has 0 radical (unpaired) electrons. The first-order valence-electron chi connectivity index (χ1n) is 13.0. The maximum Gasteiger partial charge on any atom is 0.272 e. The van der Waals surface area contributed by atoms with Crippen molar-refractivity contribution in [3.8, 4) is 0 Å². The second kappa shape index (κ2) is 10.2. The summed E-state index contributed by atoms with van der Waals surface area (Å²) in [6.07, 6.45) is 3.89. The molecule has 1 N–H and O–H groups in total. The summed E-state index contributed by atoms with van der Waals surface area (Å²) in [5.41, 5.74) is 2.55. The molecule has 2 atom stereocenters. The molecule has 1 aliphatic carbocycles. The van der Waals surface area contributed by atoms with Crippen molar-refractivity contribution in [2.24, 2.45) is 5.92 Å². The number of hydrogen-bond donors (Lipinski definition) is 1. The van der Waals surface area contributed by atoms with E-state index in [0.717, 1.165) is 36.9 Å². The van der Waals surface area contributed by atoms with Crippen molar-refractivity contribution < 1.29 is 18.0 Å². The molecule has 5 rings (SSSR count). The van der Waals surface area contributed by atoms with Crippen LogP contribution in [-0.2, 0) is 14.8 Å². The minimum atomic E-state index is -3.95. The highest BCUT2D eigenvalue weighted by atomic mass is 32.2. The van der Waals surface area contributed by atoms with Gasteiger partial charge in [0.1, 0.15) is 5.70 Å². The SMILES string of the molecule is Cc1ccc(S(=O)(=O)NC2=C(N3CCN(C(=O)c4ccccc4)CC3)C3CCCCC3N(C)C2=O)cc1. The number of nitrogens with zero attached hydrogens (tertiary/aromatic N) is 3. The van der Waals surface area contributed by atoms with Gasteiger partial charge in [0.05, 0.1) is 4.90 Å². The standard InChI is InChI=1S/C28H34N4O4S/c1-20-12-14-22(15-13-20)37(35,36)29-25-26(23-10-6-7-11-24(23)30(2)28(25)34)31-16-18-32(19-17-31)27(33)21-8-4-3-5-9-21/h3-5,8-9,12-15,23-24,29H,6-7,10-11,16-19H2,1-2H3. The normalized spacial score (nSPS) is 22.6. The lowest BCUT2D eigenvalue weighted by Crippen LogP contribution is -2.57. The minimum Gasteiger partial charge on any atom is -0.369 e. The van der Waals surface area contributed by atoms with Gasteiger partial charge >= 0.3 is 0 Å². The Kier molecular flexibility index (Phi) is 6.98. The lowest BCUT2D eigenvalue weighted by molar-refractivity contribution is -0.131. The van der Waals surface area contributed by atoms with Gasteiger partial charge in [-0.15, -0.1) is 0 Å². The molecular formula is C28H34N4O4S. The summed E-state index contributed by atoms with van der Waals surface area (Å²) in [7, 11) is -2.17. The van der Waals surface area contributed by atoms with Crippen LogP contribution in [0.3, 0.4) is 0 Å². The summed E-state index contributed by atoms with van der Waals surface area (Å²) < 4.78 is 29.4. The van der Waals surface area contributed by atoms with Gasteiger partial charge in [-0.1, -0.05) is 48.7 Å². The van der Waals surface area contributed by atoms with E-state index in [2.05, 4.69) is 9.62 Å². The van der Waals surface area contributed by atoms with E-state index >= 15 is 0 Å². The Labute approximate surface area is 219 Å². The number of aryl methyl sites for hydroxylation is 1. The van der Waals surface area contributed by atoms with Gasteiger partial charge in [-0.2, -0.15) is 0 Å². The lowest BCUT2D eigenvalue weighted by Gasteiger charge is -2.48. The van der Waals surface area contributed by atoms with Gasteiger partial charge in [-0.05, 0) is 44.0 Å². The average molecular weight is 523 g/mol. The molecule has 2 unspecified atom stereocenters. The van der Waals surface area contributed by atoms with Crippen LogP contribution in [0, 0.1) is 12.8 Å². The predicted molar refractivity (Wildman–Crippen MR) is 141 cm³/mol. The number of carbonyl (C=O) groups is 2. The molecule has 1 saturated heterocycles. The Bertz CT molecular complexity index is 1300. The zero-order valence-electron chi connectivity index (χ0n) is 21.4. The van der Waals surface area contributed by atoms with Crippen molar-refractivity contribution in [2.45, 2.75) is 43.5 Å². The number of sulfonamides is 1. The maximum atomic E-state index is 13.6. The number of nitrogens with one attached hydrogen (secondary N) is 1. The van der Waals surface area contributed by atoms with Crippen LogP contribution >= 0.6 is 0 Å². The Morgan fingerprint density at radius 2 is 1.57 bits per heavy atom. The summed E-state index contributed by atoms with van der Waals surface area (Å²) in [6.45, 7) is 4.01. The van der Waals surface area contributed by atoms with Crippen LogP contribution in [0.5, 0.6) is 0 Å². The van der Waals surface area contributed by atoms with Crippen LogP contribution in [0.4, 0.5) is 0 Å². The Morgan fingerprint density at radius 3 is 2.24 bits per heavy atom. The summed E-state index contributed by atoms with van der Waals surface area (Å²) in [6, 6.07) is 15.9. The van der Waals surface area contributed by atoms with Crippen LogP contribution in [0.15, 0.2) is 70.9 Å². The quantitative estimate of drug-likeness (QED) is 0.652. The Morgan fingerprint density at radius 1 is 0.919 bits per heavy atom. The number of hydrogen-bond acceptors (Lipinski definition) is 5. The Hall–Kier alpha value is -3.33. The molecule has 37 heavy (non-hydrogen) atoms. The van der Waals surface area contributed by atoms with E-state index in [0.29, 0.717) is 31.7 Å². The minimum absolute atomic E-state index is 0.00970. The molecule has 2 amide bonds. The predicted octanol–water partition coefficient (Wildman–Crippen LogP) is 2.97. The van der Waals surface area contributed by atoms with Crippen LogP contribution in [0.25, 0.3) is 0 Å². The molecule has 196 valence electrons. The number of likely N-dealkylation sites (N-methyl/N-ethyl adjacent to an activating group) is 1. The highest BCUT2D eigenvalue weighted by Gasteiger charge is 2.44. The fourth-order valence-corrected chi connectivity index (χ4v) is 6.90. The molecule has 1 saturated carbocycles. The smallest absolute Gasteiger partial charge is 0.272 e. The van der Waals surface area contributed by atoms with Crippen molar-refractivity contribution in [1.29, 1.82) is 0 Å². The fraction of sp³-hybridized carbons (Fsp3) is 0.429. The van der Waals surface area contributed by atoms with Gasteiger partial charge in [0.2, 0.25) is 0 Å². The van der Waals surface area contributed by atoms with E-state index in [1.807, 2.05) is 42.2 Å². The third-order valence-electron chi connectivity index (χ3n) is 7.86. The van der Waals surface area contributed by atoms with Crippen molar-refractivity contribution in [3.63, 3.8) is 0 Å². The lowest BCUT2D eigenvalue weighted by atomic mass is 9.78. The summed E-state index contributed by atoms with van der Waals surface area (Å²) in [5, 5.41) is 0.